The first-order valence-electron chi connectivity index (χ1n) is 11.9. The van der Waals surface area contributed by atoms with Crippen LogP contribution in [0.25, 0.3) is 5.76 Å². The van der Waals surface area contributed by atoms with Gasteiger partial charge in [-0.2, -0.15) is 0 Å². The number of amides is 1. The number of aliphatic hydroxyl groups is 1. The summed E-state index contributed by atoms with van der Waals surface area (Å²) in [5.74, 6) is -0.189. The molecular formula is C28H35NO6. The summed E-state index contributed by atoms with van der Waals surface area (Å²) in [6.07, 6.45) is 0.440. The molecule has 1 saturated heterocycles. The summed E-state index contributed by atoms with van der Waals surface area (Å²) >= 11 is 0. The van der Waals surface area contributed by atoms with Gasteiger partial charge in [-0.1, -0.05) is 32.0 Å². The van der Waals surface area contributed by atoms with Crippen LogP contribution >= 0.6 is 0 Å². The fourth-order valence-corrected chi connectivity index (χ4v) is 4.37. The Hall–Kier alpha value is -3.32. The number of methoxy groups -OCH3 is 2. The minimum absolute atomic E-state index is 0.0482. The molecule has 2 aromatic rings. The van der Waals surface area contributed by atoms with Crippen LogP contribution in [0, 0.1) is 0 Å². The van der Waals surface area contributed by atoms with Gasteiger partial charge in [-0.25, -0.2) is 0 Å². The maximum atomic E-state index is 13.3. The van der Waals surface area contributed by atoms with Gasteiger partial charge in [0.2, 0.25) is 0 Å². The molecular weight excluding hydrogens is 446 g/mol. The summed E-state index contributed by atoms with van der Waals surface area (Å²) in [5, 5.41) is 11.4. The summed E-state index contributed by atoms with van der Waals surface area (Å²) in [6, 6.07) is 11.8. The van der Waals surface area contributed by atoms with E-state index in [2.05, 4.69) is 0 Å². The van der Waals surface area contributed by atoms with Gasteiger partial charge in [0.15, 0.2) is 0 Å². The first kappa shape index (κ1) is 26.3. The van der Waals surface area contributed by atoms with Crippen molar-refractivity contribution in [2.75, 3.05) is 27.4 Å². The summed E-state index contributed by atoms with van der Waals surface area (Å²) in [6.45, 7) is 8.62. The van der Waals surface area contributed by atoms with Gasteiger partial charge in [0.25, 0.3) is 11.7 Å². The summed E-state index contributed by atoms with van der Waals surface area (Å²) in [7, 11) is 3.19. The molecule has 0 spiro atoms. The van der Waals surface area contributed by atoms with E-state index < -0.39 is 17.7 Å². The molecule has 1 aliphatic heterocycles. The monoisotopic (exact) mass is 481 g/mol. The summed E-state index contributed by atoms with van der Waals surface area (Å²) in [5.41, 5.74) is 2.05. The third kappa shape index (κ3) is 5.51. The zero-order valence-electron chi connectivity index (χ0n) is 21.3. The minimum atomic E-state index is -0.786. The molecule has 35 heavy (non-hydrogen) atoms. The van der Waals surface area contributed by atoms with Gasteiger partial charge in [-0.3, -0.25) is 9.59 Å². The minimum Gasteiger partial charge on any atom is -0.507 e. The van der Waals surface area contributed by atoms with Crippen LogP contribution < -0.4 is 9.47 Å². The van der Waals surface area contributed by atoms with Crippen LogP contribution in [0.2, 0.25) is 0 Å². The van der Waals surface area contributed by atoms with Crippen molar-refractivity contribution in [1.82, 2.24) is 4.90 Å². The van der Waals surface area contributed by atoms with Crippen LogP contribution in [0.15, 0.2) is 48.0 Å². The second-order valence-electron chi connectivity index (χ2n) is 9.15. The van der Waals surface area contributed by atoms with Gasteiger partial charge in [0.05, 0.1) is 24.8 Å². The fraction of sp³-hybridized carbons (Fsp3) is 0.429. The Morgan fingerprint density at radius 1 is 1.03 bits per heavy atom. The maximum absolute atomic E-state index is 13.3. The van der Waals surface area contributed by atoms with Crippen LogP contribution in [-0.4, -0.2) is 55.2 Å². The van der Waals surface area contributed by atoms with Gasteiger partial charge < -0.3 is 24.2 Å². The molecule has 2 aromatic carbocycles. The number of hydrogen-bond donors (Lipinski definition) is 1. The van der Waals surface area contributed by atoms with Crippen molar-refractivity contribution in [1.29, 1.82) is 0 Å². The number of benzene rings is 2. The first-order chi connectivity index (χ1) is 16.7. The molecule has 1 fully saturated rings. The van der Waals surface area contributed by atoms with Crippen LogP contribution in [0.1, 0.15) is 62.8 Å². The lowest BCUT2D eigenvalue weighted by Crippen LogP contribution is -2.31. The predicted octanol–water partition coefficient (Wildman–Crippen LogP) is 5.06. The van der Waals surface area contributed by atoms with Crippen molar-refractivity contribution in [3.05, 3.63) is 64.7 Å². The average molecular weight is 482 g/mol. The lowest BCUT2D eigenvalue weighted by atomic mass is 9.92. The normalized spacial score (nSPS) is 17.5. The second kappa shape index (κ2) is 11.4. The van der Waals surface area contributed by atoms with Gasteiger partial charge in [-0.05, 0) is 56.0 Å². The van der Waals surface area contributed by atoms with E-state index in [1.54, 1.807) is 26.4 Å². The highest BCUT2D eigenvalue weighted by molar-refractivity contribution is 6.46. The van der Waals surface area contributed by atoms with E-state index >= 15 is 0 Å². The number of ether oxygens (including phenoxy) is 3. The topological polar surface area (TPSA) is 85.3 Å². The molecule has 0 aliphatic carbocycles. The van der Waals surface area contributed by atoms with Gasteiger partial charge in [0, 0.05) is 31.4 Å². The van der Waals surface area contributed by atoms with Gasteiger partial charge in [-0.15, -0.1) is 0 Å². The predicted molar refractivity (Wildman–Crippen MR) is 135 cm³/mol. The molecule has 188 valence electrons. The van der Waals surface area contributed by atoms with Crippen molar-refractivity contribution in [3.8, 4) is 11.5 Å². The Bertz CT molecular complexity index is 1100. The van der Waals surface area contributed by atoms with Crippen LogP contribution in [-0.2, 0) is 14.3 Å². The van der Waals surface area contributed by atoms with Crippen LogP contribution in [0.5, 0.6) is 11.5 Å². The molecule has 1 heterocycles. The highest BCUT2D eigenvalue weighted by Crippen LogP contribution is 2.43. The van der Waals surface area contributed by atoms with E-state index in [1.807, 2.05) is 58.0 Å². The van der Waals surface area contributed by atoms with E-state index in [4.69, 9.17) is 14.2 Å². The number of carbonyl (C=O) groups is 2. The highest BCUT2D eigenvalue weighted by Gasteiger charge is 2.46. The Labute approximate surface area is 207 Å². The van der Waals surface area contributed by atoms with Gasteiger partial charge in [0.1, 0.15) is 17.3 Å². The van der Waals surface area contributed by atoms with Crippen molar-refractivity contribution in [3.63, 3.8) is 0 Å². The summed E-state index contributed by atoms with van der Waals surface area (Å²) < 4.78 is 16.6. The lowest BCUT2D eigenvalue weighted by molar-refractivity contribution is -0.140. The number of hydrogen-bond acceptors (Lipinski definition) is 6. The molecule has 1 amide bonds. The van der Waals surface area contributed by atoms with E-state index in [9.17, 15) is 14.7 Å². The number of nitrogens with zero attached hydrogens (tertiary/aromatic N) is 1. The molecule has 0 aromatic heterocycles. The SMILES string of the molecule is COCCCN1C(=O)C(=O)/C(=C(/O)c2ccc(OC)c(C(C)C)c2)C1c1ccccc1OC(C)C. The van der Waals surface area contributed by atoms with Crippen LogP contribution in [0.4, 0.5) is 0 Å². The third-order valence-corrected chi connectivity index (χ3v) is 5.99. The number of para-hydroxylation sites is 1. The van der Waals surface area contributed by atoms with E-state index in [1.165, 1.54) is 4.90 Å². The number of rotatable bonds is 10. The Balaban J connectivity index is 2.21. The van der Waals surface area contributed by atoms with E-state index in [-0.39, 0.29) is 23.4 Å². The largest absolute Gasteiger partial charge is 0.507 e. The number of likely N-dealkylation sites (tertiary alicyclic amines) is 1. The number of ketones is 1. The molecule has 1 unspecified atom stereocenters. The van der Waals surface area contributed by atoms with Gasteiger partial charge >= 0.3 is 0 Å². The zero-order chi connectivity index (χ0) is 25.7. The molecule has 7 nitrogen and oxygen atoms in total. The highest BCUT2D eigenvalue weighted by atomic mass is 16.5. The third-order valence-electron chi connectivity index (χ3n) is 5.99. The zero-order valence-corrected chi connectivity index (χ0v) is 21.3. The Morgan fingerprint density at radius 2 is 1.74 bits per heavy atom. The fourth-order valence-electron chi connectivity index (χ4n) is 4.37. The number of carbonyl (C=O) groups excluding carboxylic acids is 2. The lowest BCUT2D eigenvalue weighted by Gasteiger charge is -2.27. The van der Waals surface area contributed by atoms with Crippen molar-refractivity contribution >= 4 is 17.4 Å². The van der Waals surface area contributed by atoms with Crippen LogP contribution in [0.3, 0.4) is 0 Å². The molecule has 0 saturated carbocycles. The average Bonchev–Trinajstić information content (AvgIpc) is 3.08. The quantitative estimate of drug-likeness (QED) is 0.221. The summed E-state index contributed by atoms with van der Waals surface area (Å²) in [4.78, 5) is 28.0. The van der Waals surface area contributed by atoms with E-state index in [0.717, 1.165) is 5.56 Å². The van der Waals surface area contributed by atoms with E-state index in [0.29, 0.717) is 42.2 Å². The number of Topliss-reactive ketones (excluding diaryl/α,β-unsaturated/α-hetero) is 1. The van der Waals surface area contributed by atoms with Crippen molar-refractivity contribution < 1.29 is 28.9 Å². The van der Waals surface area contributed by atoms with Crippen molar-refractivity contribution in [2.24, 2.45) is 0 Å². The Morgan fingerprint density at radius 3 is 2.37 bits per heavy atom. The molecule has 1 aliphatic rings. The molecule has 1 N–H and O–H groups in total. The first-order valence-corrected chi connectivity index (χ1v) is 11.9. The molecule has 0 radical (unpaired) electrons. The molecule has 7 heteroatoms. The molecule has 0 bridgehead atoms. The standard InChI is InChI=1S/C28H35NO6/c1-17(2)21-16-19(12-13-22(21)34-6)26(30)24-25(20-10-7-8-11-23(20)35-18(3)4)29(14-9-15-33-5)28(32)27(24)31/h7-8,10-13,16-18,25,30H,9,14-15H2,1-6H3/b26-24+. The maximum Gasteiger partial charge on any atom is 0.295 e. The smallest absolute Gasteiger partial charge is 0.295 e. The number of aliphatic hydroxyl groups excluding tert-OH is 1. The molecule has 1 atom stereocenters. The van der Waals surface area contributed by atoms with Crippen molar-refractivity contribution in [2.45, 2.75) is 52.2 Å². The molecule has 3 rings (SSSR count). The second-order valence-corrected chi connectivity index (χ2v) is 9.15. The Kier molecular flexibility index (Phi) is 8.57.